The molecule has 0 radical (unpaired) electrons. The standard InChI is InChI=1S/C24H24N4O2/c1-17-12-18(2)28-23(27-17)22(14-26-28)24(29)25-13-20-10-6-7-11-21(20)16-30-15-19-8-4-3-5-9-19/h3-12,14H,13,15-16H2,1-2H3,(H,25,29). The van der Waals surface area contributed by atoms with Crippen molar-refractivity contribution in [2.24, 2.45) is 0 Å². The lowest BCUT2D eigenvalue weighted by molar-refractivity contribution is 0.0949. The average Bonchev–Trinajstić information content (AvgIpc) is 3.18. The molecule has 152 valence electrons. The summed E-state index contributed by atoms with van der Waals surface area (Å²) in [5.41, 5.74) is 6.06. The van der Waals surface area contributed by atoms with Crippen LogP contribution in [0.15, 0.2) is 66.9 Å². The Kier molecular flexibility index (Phi) is 5.86. The van der Waals surface area contributed by atoms with Crippen molar-refractivity contribution in [3.8, 4) is 0 Å². The molecular formula is C24H24N4O2. The second-order valence-electron chi connectivity index (χ2n) is 7.26. The zero-order chi connectivity index (χ0) is 20.9. The molecule has 2 aromatic heterocycles. The highest BCUT2D eigenvalue weighted by Crippen LogP contribution is 2.14. The molecule has 0 spiro atoms. The van der Waals surface area contributed by atoms with Gasteiger partial charge in [-0.05, 0) is 36.6 Å². The summed E-state index contributed by atoms with van der Waals surface area (Å²) >= 11 is 0. The highest BCUT2D eigenvalue weighted by molar-refractivity contribution is 5.99. The minimum absolute atomic E-state index is 0.192. The van der Waals surface area contributed by atoms with Crippen molar-refractivity contribution in [2.45, 2.75) is 33.6 Å². The summed E-state index contributed by atoms with van der Waals surface area (Å²) in [4.78, 5) is 17.3. The fraction of sp³-hybridized carbons (Fsp3) is 0.208. The van der Waals surface area contributed by atoms with Crippen LogP contribution in [0.2, 0.25) is 0 Å². The smallest absolute Gasteiger partial charge is 0.257 e. The van der Waals surface area contributed by atoms with Gasteiger partial charge in [-0.1, -0.05) is 54.6 Å². The van der Waals surface area contributed by atoms with E-state index in [4.69, 9.17) is 4.74 Å². The normalized spacial score (nSPS) is 11.0. The molecule has 0 bridgehead atoms. The lowest BCUT2D eigenvalue weighted by Crippen LogP contribution is -2.23. The van der Waals surface area contributed by atoms with Gasteiger partial charge in [-0.3, -0.25) is 4.79 Å². The SMILES string of the molecule is Cc1cc(C)n2ncc(C(=O)NCc3ccccc3COCc3ccccc3)c2n1. The second kappa shape index (κ2) is 8.88. The Morgan fingerprint density at radius 3 is 2.53 bits per heavy atom. The molecule has 1 N–H and O–H groups in total. The van der Waals surface area contributed by atoms with Crippen LogP contribution in [0.4, 0.5) is 0 Å². The third kappa shape index (κ3) is 4.39. The molecule has 0 fully saturated rings. The third-order valence-electron chi connectivity index (χ3n) is 4.95. The van der Waals surface area contributed by atoms with E-state index in [1.54, 1.807) is 10.7 Å². The fourth-order valence-electron chi connectivity index (χ4n) is 3.43. The molecule has 30 heavy (non-hydrogen) atoms. The van der Waals surface area contributed by atoms with Crippen LogP contribution >= 0.6 is 0 Å². The van der Waals surface area contributed by atoms with E-state index >= 15 is 0 Å². The van der Waals surface area contributed by atoms with Gasteiger partial charge in [-0.25, -0.2) is 9.50 Å². The van der Waals surface area contributed by atoms with Gasteiger partial charge in [0.05, 0.1) is 19.4 Å². The summed E-state index contributed by atoms with van der Waals surface area (Å²) in [5.74, 6) is -0.192. The highest BCUT2D eigenvalue weighted by Gasteiger charge is 2.15. The Morgan fingerprint density at radius 2 is 1.73 bits per heavy atom. The highest BCUT2D eigenvalue weighted by atomic mass is 16.5. The zero-order valence-corrected chi connectivity index (χ0v) is 17.1. The summed E-state index contributed by atoms with van der Waals surface area (Å²) in [6, 6.07) is 20.0. The summed E-state index contributed by atoms with van der Waals surface area (Å²) in [7, 11) is 0. The molecule has 4 aromatic rings. The van der Waals surface area contributed by atoms with Gasteiger partial charge < -0.3 is 10.1 Å². The second-order valence-corrected chi connectivity index (χ2v) is 7.26. The summed E-state index contributed by atoms with van der Waals surface area (Å²) in [5, 5.41) is 7.29. The van der Waals surface area contributed by atoms with Crippen molar-refractivity contribution in [3.63, 3.8) is 0 Å². The van der Waals surface area contributed by atoms with Gasteiger partial charge >= 0.3 is 0 Å². The molecule has 0 atom stereocenters. The molecule has 2 heterocycles. The molecule has 6 nitrogen and oxygen atoms in total. The molecule has 0 saturated heterocycles. The Bertz CT molecular complexity index is 1170. The number of aryl methyl sites for hydroxylation is 2. The van der Waals surface area contributed by atoms with Gasteiger partial charge in [-0.15, -0.1) is 0 Å². The maximum absolute atomic E-state index is 12.8. The molecule has 6 heteroatoms. The van der Waals surface area contributed by atoms with Crippen LogP contribution in [0, 0.1) is 13.8 Å². The first-order valence-corrected chi connectivity index (χ1v) is 9.90. The van der Waals surface area contributed by atoms with E-state index in [0.717, 1.165) is 28.1 Å². The predicted octanol–water partition coefficient (Wildman–Crippen LogP) is 3.99. The van der Waals surface area contributed by atoms with Crippen LogP contribution in [0.1, 0.15) is 38.4 Å². The minimum Gasteiger partial charge on any atom is -0.372 e. The number of rotatable bonds is 7. The Hall–Kier alpha value is -3.51. The van der Waals surface area contributed by atoms with Gasteiger partial charge in [-0.2, -0.15) is 5.10 Å². The van der Waals surface area contributed by atoms with E-state index in [-0.39, 0.29) is 5.91 Å². The number of carbonyl (C=O) groups excluding carboxylic acids is 1. The van der Waals surface area contributed by atoms with Gasteiger partial charge in [0, 0.05) is 17.9 Å². The number of ether oxygens (including phenoxy) is 1. The minimum atomic E-state index is -0.192. The quantitative estimate of drug-likeness (QED) is 0.509. The fourth-order valence-corrected chi connectivity index (χ4v) is 3.43. The zero-order valence-electron chi connectivity index (χ0n) is 17.1. The van der Waals surface area contributed by atoms with Gasteiger partial charge in [0.15, 0.2) is 5.65 Å². The molecule has 4 rings (SSSR count). The third-order valence-corrected chi connectivity index (χ3v) is 4.95. The monoisotopic (exact) mass is 400 g/mol. The number of hydrogen-bond donors (Lipinski definition) is 1. The number of nitrogens with zero attached hydrogens (tertiary/aromatic N) is 3. The molecular weight excluding hydrogens is 376 g/mol. The number of nitrogens with one attached hydrogen (secondary N) is 1. The summed E-state index contributed by atoms with van der Waals surface area (Å²) in [6.07, 6.45) is 1.57. The number of carbonyl (C=O) groups is 1. The number of fused-ring (bicyclic) bond motifs is 1. The van der Waals surface area contributed by atoms with Crippen LogP contribution < -0.4 is 5.32 Å². The first-order chi connectivity index (χ1) is 14.6. The molecule has 0 aliphatic heterocycles. The van der Waals surface area contributed by atoms with E-state index in [2.05, 4.69) is 15.4 Å². The van der Waals surface area contributed by atoms with Crippen LogP contribution in [0.5, 0.6) is 0 Å². The number of amides is 1. The number of benzene rings is 2. The summed E-state index contributed by atoms with van der Waals surface area (Å²) in [6.45, 7) is 5.30. The molecule has 0 unspecified atom stereocenters. The molecule has 1 amide bonds. The molecule has 0 aliphatic carbocycles. The molecule has 0 saturated carbocycles. The van der Waals surface area contributed by atoms with Crippen molar-refractivity contribution >= 4 is 11.6 Å². The van der Waals surface area contributed by atoms with Gasteiger partial charge in [0.25, 0.3) is 5.91 Å². The lowest BCUT2D eigenvalue weighted by atomic mass is 10.1. The first kappa shape index (κ1) is 19.8. The first-order valence-electron chi connectivity index (χ1n) is 9.90. The maximum atomic E-state index is 12.8. The van der Waals surface area contributed by atoms with Crippen molar-refractivity contribution in [1.82, 2.24) is 19.9 Å². The van der Waals surface area contributed by atoms with E-state index in [1.165, 1.54) is 0 Å². The van der Waals surface area contributed by atoms with E-state index in [1.807, 2.05) is 74.5 Å². The van der Waals surface area contributed by atoms with Crippen LogP contribution in [0.25, 0.3) is 5.65 Å². The van der Waals surface area contributed by atoms with Crippen LogP contribution in [-0.4, -0.2) is 20.5 Å². The Labute approximate surface area is 175 Å². The van der Waals surface area contributed by atoms with E-state index < -0.39 is 0 Å². The number of hydrogen-bond acceptors (Lipinski definition) is 4. The Morgan fingerprint density at radius 1 is 1.00 bits per heavy atom. The van der Waals surface area contributed by atoms with Crippen molar-refractivity contribution in [3.05, 3.63) is 101 Å². The Balaban J connectivity index is 1.42. The van der Waals surface area contributed by atoms with E-state index in [0.29, 0.717) is 31.0 Å². The van der Waals surface area contributed by atoms with Crippen molar-refractivity contribution in [1.29, 1.82) is 0 Å². The van der Waals surface area contributed by atoms with Crippen LogP contribution in [-0.2, 0) is 24.5 Å². The van der Waals surface area contributed by atoms with Gasteiger partial charge in [0.1, 0.15) is 5.56 Å². The van der Waals surface area contributed by atoms with Crippen molar-refractivity contribution < 1.29 is 9.53 Å². The largest absolute Gasteiger partial charge is 0.372 e. The predicted molar refractivity (Wildman–Crippen MR) is 115 cm³/mol. The topological polar surface area (TPSA) is 68.5 Å². The van der Waals surface area contributed by atoms with Gasteiger partial charge in [0.2, 0.25) is 0 Å². The molecule has 2 aromatic carbocycles. The molecule has 0 aliphatic rings. The average molecular weight is 400 g/mol. The van der Waals surface area contributed by atoms with Crippen molar-refractivity contribution in [2.75, 3.05) is 0 Å². The van der Waals surface area contributed by atoms with Crippen LogP contribution in [0.3, 0.4) is 0 Å². The van der Waals surface area contributed by atoms with E-state index in [9.17, 15) is 4.79 Å². The maximum Gasteiger partial charge on any atom is 0.257 e. The lowest BCUT2D eigenvalue weighted by Gasteiger charge is -2.11. The summed E-state index contributed by atoms with van der Waals surface area (Å²) < 4.78 is 7.56. The number of aromatic nitrogens is 3.